The van der Waals surface area contributed by atoms with Crippen LogP contribution in [-0.4, -0.2) is 42.2 Å². The van der Waals surface area contributed by atoms with Crippen LogP contribution in [0, 0.1) is 0 Å². The number of carboxylic acid groups (broad SMARTS) is 1. The van der Waals surface area contributed by atoms with E-state index in [9.17, 15) is 13.2 Å². The van der Waals surface area contributed by atoms with Gasteiger partial charge < -0.3 is 10.4 Å². The van der Waals surface area contributed by atoms with Crippen LogP contribution < -0.4 is 10.0 Å². The van der Waals surface area contributed by atoms with Gasteiger partial charge >= 0.3 is 6.09 Å². The molecule has 10 heteroatoms. The molecule has 0 aliphatic heterocycles. The van der Waals surface area contributed by atoms with Crippen LogP contribution in [0.15, 0.2) is 29.6 Å². The van der Waals surface area contributed by atoms with Gasteiger partial charge in [-0.1, -0.05) is 6.92 Å². The highest BCUT2D eigenvalue weighted by atomic mass is 32.2. The number of hydrogen-bond acceptors (Lipinski definition) is 6. The van der Waals surface area contributed by atoms with Crippen molar-refractivity contribution in [2.45, 2.75) is 49.5 Å². The molecule has 1 aliphatic rings. The monoisotopic (exact) mass is 410 g/mol. The standard InChI is InChI=1S/C17H22N4O4S2/c1-2-20-27(24,25)15-10-18-8-7-13(15)14-9-19-16(26-14)11-3-5-12(6-4-11)21-17(22)23/h7-12,20-21H,2-6H2,1H3,(H,22,23)/t11-,12-. The number of nitrogens with zero attached hydrogens (tertiary/aromatic N) is 2. The van der Waals surface area contributed by atoms with Crippen molar-refractivity contribution in [3.8, 4) is 10.4 Å². The van der Waals surface area contributed by atoms with E-state index in [4.69, 9.17) is 5.11 Å². The molecule has 0 spiro atoms. The van der Waals surface area contributed by atoms with E-state index in [1.165, 1.54) is 17.5 Å². The van der Waals surface area contributed by atoms with E-state index in [1.807, 2.05) is 0 Å². The third-order valence-electron chi connectivity index (χ3n) is 4.60. The summed E-state index contributed by atoms with van der Waals surface area (Å²) in [5.74, 6) is 0.270. The minimum atomic E-state index is -3.62. The highest BCUT2D eigenvalue weighted by molar-refractivity contribution is 7.89. The summed E-state index contributed by atoms with van der Waals surface area (Å²) in [5, 5.41) is 12.3. The lowest BCUT2D eigenvalue weighted by Crippen LogP contribution is -2.36. The molecule has 2 aromatic heterocycles. The molecule has 1 aliphatic carbocycles. The molecule has 0 aromatic carbocycles. The first-order valence-electron chi connectivity index (χ1n) is 8.80. The Kier molecular flexibility index (Phi) is 6.08. The fourth-order valence-corrected chi connectivity index (χ4v) is 5.72. The maximum absolute atomic E-state index is 12.4. The smallest absolute Gasteiger partial charge is 0.404 e. The predicted octanol–water partition coefficient (Wildman–Crippen LogP) is 2.80. The van der Waals surface area contributed by atoms with Crippen LogP contribution >= 0.6 is 11.3 Å². The number of carbonyl (C=O) groups is 1. The lowest BCUT2D eigenvalue weighted by atomic mass is 9.86. The molecule has 2 heterocycles. The molecule has 1 fully saturated rings. The first kappa shape index (κ1) is 19.7. The average Bonchev–Trinajstić information content (AvgIpc) is 3.12. The number of nitrogens with one attached hydrogen (secondary N) is 2. The molecule has 0 unspecified atom stereocenters. The van der Waals surface area contributed by atoms with Crippen LogP contribution in [0.5, 0.6) is 0 Å². The van der Waals surface area contributed by atoms with Gasteiger partial charge in [-0.3, -0.25) is 4.98 Å². The van der Waals surface area contributed by atoms with Gasteiger partial charge in [-0.2, -0.15) is 0 Å². The normalized spacial score (nSPS) is 20.3. The molecule has 0 bridgehead atoms. The Morgan fingerprint density at radius 2 is 2.04 bits per heavy atom. The topological polar surface area (TPSA) is 121 Å². The molecule has 3 N–H and O–H groups in total. The molecule has 1 saturated carbocycles. The van der Waals surface area contributed by atoms with Gasteiger partial charge in [0.1, 0.15) is 4.90 Å². The Hall–Kier alpha value is -2.04. The van der Waals surface area contributed by atoms with Crippen molar-refractivity contribution in [3.05, 3.63) is 29.7 Å². The van der Waals surface area contributed by atoms with Crippen molar-refractivity contribution < 1.29 is 18.3 Å². The third-order valence-corrected chi connectivity index (χ3v) is 7.37. The third kappa shape index (κ3) is 4.63. The van der Waals surface area contributed by atoms with Crippen molar-refractivity contribution in [1.82, 2.24) is 20.0 Å². The van der Waals surface area contributed by atoms with Gasteiger partial charge in [-0.05, 0) is 31.7 Å². The van der Waals surface area contributed by atoms with Crippen molar-refractivity contribution in [1.29, 1.82) is 0 Å². The average molecular weight is 411 g/mol. The van der Waals surface area contributed by atoms with E-state index in [0.717, 1.165) is 35.6 Å². The second kappa shape index (κ2) is 8.32. The maximum Gasteiger partial charge on any atom is 0.404 e. The summed E-state index contributed by atoms with van der Waals surface area (Å²) in [6.07, 6.45) is 6.93. The van der Waals surface area contributed by atoms with E-state index in [0.29, 0.717) is 12.1 Å². The van der Waals surface area contributed by atoms with Gasteiger partial charge in [0.15, 0.2) is 0 Å². The number of aromatic nitrogens is 2. The van der Waals surface area contributed by atoms with E-state index >= 15 is 0 Å². The zero-order chi connectivity index (χ0) is 19.4. The van der Waals surface area contributed by atoms with Gasteiger partial charge in [0, 0.05) is 42.7 Å². The molecule has 3 rings (SSSR count). The van der Waals surface area contributed by atoms with Crippen molar-refractivity contribution >= 4 is 27.5 Å². The first-order chi connectivity index (χ1) is 12.9. The predicted molar refractivity (Wildman–Crippen MR) is 102 cm³/mol. The maximum atomic E-state index is 12.4. The molecule has 2 aromatic rings. The Morgan fingerprint density at radius 1 is 1.30 bits per heavy atom. The number of thiazole rings is 1. The molecule has 1 amide bonds. The Labute approximate surface area is 162 Å². The molecule has 0 atom stereocenters. The van der Waals surface area contributed by atoms with Crippen LogP contribution in [0.2, 0.25) is 0 Å². The Morgan fingerprint density at radius 3 is 2.70 bits per heavy atom. The van der Waals surface area contributed by atoms with Gasteiger partial charge in [-0.25, -0.2) is 22.9 Å². The van der Waals surface area contributed by atoms with E-state index in [2.05, 4.69) is 20.0 Å². The SMILES string of the molecule is CCNS(=O)(=O)c1cnccc1-c1cnc([C@H]2CC[C@H](NC(=O)O)CC2)s1. The van der Waals surface area contributed by atoms with E-state index < -0.39 is 16.1 Å². The zero-order valence-corrected chi connectivity index (χ0v) is 16.5. The number of rotatable bonds is 6. The summed E-state index contributed by atoms with van der Waals surface area (Å²) in [4.78, 5) is 20.2. The zero-order valence-electron chi connectivity index (χ0n) is 14.9. The molecule has 8 nitrogen and oxygen atoms in total. The van der Waals surface area contributed by atoms with Crippen molar-refractivity contribution in [3.63, 3.8) is 0 Å². The van der Waals surface area contributed by atoms with Crippen LogP contribution in [0.4, 0.5) is 4.79 Å². The summed E-state index contributed by atoms with van der Waals surface area (Å²) in [6.45, 7) is 2.03. The second-order valence-electron chi connectivity index (χ2n) is 6.43. The molecule has 0 radical (unpaired) electrons. The summed E-state index contributed by atoms with van der Waals surface area (Å²) in [7, 11) is -3.62. The number of sulfonamides is 1. The number of amides is 1. The fourth-order valence-electron chi connectivity index (χ4n) is 3.33. The van der Waals surface area contributed by atoms with Gasteiger partial charge in [0.05, 0.1) is 9.88 Å². The lowest BCUT2D eigenvalue weighted by Gasteiger charge is -2.27. The van der Waals surface area contributed by atoms with Crippen LogP contribution in [0.3, 0.4) is 0 Å². The first-order valence-corrected chi connectivity index (χ1v) is 11.1. The van der Waals surface area contributed by atoms with Gasteiger partial charge in [-0.15, -0.1) is 11.3 Å². The molecule has 0 saturated heterocycles. The van der Waals surface area contributed by atoms with Crippen LogP contribution in [0.25, 0.3) is 10.4 Å². The highest BCUT2D eigenvalue weighted by Crippen LogP contribution is 2.38. The molecular weight excluding hydrogens is 388 g/mol. The van der Waals surface area contributed by atoms with Crippen LogP contribution in [0.1, 0.15) is 43.5 Å². The van der Waals surface area contributed by atoms with Crippen molar-refractivity contribution in [2.75, 3.05) is 6.54 Å². The summed E-state index contributed by atoms with van der Waals surface area (Å²) in [6, 6.07) is 1.69. The fraction of sp³-hybridized carbons (Fsp3) is 0.471. The Bertz CT molecular complexity index is 905. The van der Waals surface area contributed by atoms with Crippen LogP contribution in [-0.2, 0) is 10.0 Å². The Balaban J connectivity index is 1.79. The minimum absolute atomic E-state index is 0.00440. The quantitative estimate of drug-likeness (QED) is 0.673. The highest BCUT2D eigenvalue weighted by Gasteiger charge is 2.26. The van der Waals surface area contributed by atoms with E-state index in [1.54, 1.807) is 25.4 Å². The van der Waals surface area contributed by atoms with E-state index in [-0.39, 0.29) is 16.9 Å². The summed E-state index contributed by atoms with van der Waals surface area (Å²) < 4.78 is 27.4. The molecule has 146 valence electrons. The lowest BCUT2D eigenvalue weighted by molar-refractivity contribution is 0.185. The summed E-state index contributed by atoms with van der Waals surface area (Å²) in [5.41, 5.74) is 0.593. The number of pyridine rings is 1. The second-order valence-corrected chi connectivity index (χ2v) is 9.23. The summed E-state index contributed by atoms with van der Waals surface area (Å²) >= 11 is 1.49. The van der Waals surface area contributed by atoms with Gasteiger partial charge in [0.2, 0.25) is 10.0 Å². The number of hydrogen-bond donors (Lipinski definition) is 3. The molecule has 27 heavy (non-hydrogen) atoms. The molecular formula is C17H22N4O4S2. The minimum Gasteiger partial charge on any atom is -0.465 e. The van der Waals surface area contributed by atoms with Gasteiger partial charge in [0.25, 0.3) is 0 Å². The largest absolute Gasteiger partial charge is 0.465 e. The van der Waals surface area contributed by atoms with Crippen molar-refractivity contribution in [2.24, 2.45) is 0 Å².